The van der Waals surface area contributed by atoms with Crippen LogP contribution in [0.15, 0.2) is 36.5 Å². The summed E-state index contributed by atoms with van der Waals surface area (Å²) in [6, 6.07) is 0.297. The van der Waals surface area contributed by atoms with E-state index in [0.29, 0.717) is 28.9 Å². The Hall–Kier alpha value is -2.33. The number of fused-ring (bicyclic) bond motifs is 1. The Morgan fingerprint density at radius 1 is 1.18 bits per heavy atom. The van der Waals surface area contributed by atoms with Crippen molar-refractivity contribution >= 4 is 17.0 Å². The van der Waals surface area contributed by atoms with Crippen LogP contribution in [0.4, 0.5) is 5.82 Å². The highest BCUT2D eigenvalue weighted by molar-refractivity contribution is 5.83. The van der Waals surface area contributed by atoms with Crippen LogP contribution in [0, 0.1) is 5.92 Å². The van der Waals surface area contributed by atoms with Crippen LogP contribution in [0.1, 0.15) is 25.5 Å². The van der Waals surface area contributed by atoms with Crippen LogP contribution in [0.25, 0.3) is 11.2 Å². The second-order valence-corrected chi connectivity index (χ2v) is 7.55. The van der Waals surface area contributed by atoms with E-state index in [0.717, 1.165) is 19.3 Å². The first-order valence-electron chi connectivity index (χ1n) is 9.60. The first-order chi connectivity index (χ1) is 13.7. The molecular weight excluding hydrogens is 362 g/mol. The van der Waals surface area contributed by atoms with E-state index >= 15 is 0 Å². The molecule has 2 aromatic rings. The molecule has 0 amide bonds. The fourth-order valence-electron chi connectivity index (χ4n) is 4.25. The predicted molar refractivity (Wildman–Crippen MR) is 100 cm³/mol. The van der Waals surface area contributed by atoms with Gasteiger partial charge >= 0.3 is 0 Å². The summed E-state index contributed by atoms with van der Waals surface area (Å²) in [6.07, 6.45) is 8.77. The van der Waals surface area contributed by atoms with E-state index in [1.165, 1.54) is 18.2 Å². The zero-order valence-corrected chi connectivity index (χ0v) is 15.2. The van der Waals surface area contributed by atoms with Crippen molar-refractivity contribution in [2.75, 3.05) is 11.9 Å². The molecule has 1 aliphatic heterocycles. The van der Waals surface area contributed by atoms with Crippen LogP contribution < -0.4 is 5.32 Å². The lowest BCUT2D eigenvalue weighted by Crippen LogP contribution is -2.39. The van der Waals surface area contributed by atoms with Gasteiger partial charge in [-0.15, -0.1) is 0 Å². The van der Waals surface area contributed by atoms with Gasteiger partial charge in [-0.2, -0.15) is 0 Å². The zero-order chi connectivity index (χ0) is 19.3. The third-order valence-electron chi connectivity index (χ3n) is 5.97. The maximum absolute atomic E-state index is 10.3. The molecule has 0 bridgehead atoms. The van der Waals surface area contributed by atoms with Crippen molar-refractivity contribution in [1.29, 1.82) is 0 Å². The molecule has 28 heavy (non-hydrogen) atoms. The smallest absolute Gasteiger partial charge is 0.167 e. The summed E-state index contributed by atoms with van der Waals surface area (Å²) < 4.78 is 7.18. The Balaban J connectivity index is 1.41. The van der Waals surface area contributed by atoms with Gasteiger partial charge in [0.25, 0.3) is 0 Å². The second kappa shape index (κ2) is 6.93. The van der Waals surface area contributed by atoms with Gasteiger partial charge in [0.2, 0.25) is 0 Å². The van der Waals surface area contributed by atoms with E-state index in [1.54, 1.807) is 4.57 Å². The molecule has 1 saturated heterocycles. The van der Waals surface area contributed by atoms with Gasteiger partial charge in [-0.05, 0) is 24.8 Å². The summed E-state index contributed by atoms with van der Waals surface area (Å²) in [5.41, 5.74) is 2.47. The van der Waals surface area contributed by atoms with Crippen molar-refractivity contribution in [1.82, 2.24) is 19.5 Å². The summed E-state index contributed by atoms with van der Waals surface area (Å²) in [5, 5.41) is 33.1. The van der Waals surface area contributed by atoms with Crippen molar-refractivity contribution in [3.05, 3.63) is 36.5 Å². The Labute approximate surface area is 161 Å². The predicted octanol–water partition coefficient (Wildman–Crippen LogP) is 0.515. The molecule has 0 radical (unpaired) electrons. The first kappa shape index (κ1) is 17.7. The van der Waals surface area contributed by atoms with Crippen LogP contribution in [0.2, 0.25) is 0 Å². The third kappa shape index (κ3) is 2.74. The maximum atomic E-state index is 10.3. The summed E-state index contributed by atoms with van der Waals surface area (Å²) in [7, 11) is 0. The Morgan fingerprint density at radius 2 is 2.07 bits per heavy atom. The van der Waals surface area contributed by atoms with Gasteiger partial charge in [-0.25, -0.2) is 15.0 Å². The zero-order valence-electron chi connectivity index (χ0n) is 15.2. The molecule has 3 aliphatic rings. The number of allylic oxidation sites excluding steroid dienone is 3. The molecular formula is C19H23N5O4. The molecule has 6 atom stereocenters. The molecule has 2 aliphatic carbocycles. The van der Waals surface area contributed by atoms with Crippen LogP contribution >= 0.6 is 0 Å². The molecule has 0 aromatic carbocycles. The molecule has 2 aromatic heterocycles. The molecule has 0 spiro atoms. The number of rotatable bonds is 5. The van der Waals surface area contributed by atoms with E-state index in [9.17, 15) is 15.3 Å². The van der Waals surface area contributed by atoms with Gasteiger partial charge in [0.1, 0.15) is 24.6 Å². The van der Waals surface area contributed by atoms with Crippen LogP contribution in [-0.2, 0) is 4.74 Å². The minimum absolute atomic E-state index is 0.297. The van der Waals surface area contributed by atoms with E-state index < -0.39 is 24.5 Å². The van der Waals surface area contributed by atoms with Gasteiger partial charge in [-0.1, -0.05) is 18.2 Å². The lowest BCUT2D eigenvalue weighted by Gasteiger charge is -2.38. The van der Waals surface area contributed by atoms with Crippen LogP contribution in [-0.4, -0.2) is 65.8 Å². The van der Waals surface area contributed by atoms with Gasteiger partial charge in [0.15, 0.2) is 23.2 Å². The fourth-order valence-corrected chi connectivity index (χ4v) is 4.25. The lowest BCUT2D eigenvalue weighted by atomic mass is 9.75. The molecule has 9 nitrogen and oxygen atoms in total. The number of imidazole rings is 1. The van der Waals surface area contributed by atoms with Gasteiger partial charge < -0.3 is 25.4 Å². The summed E-state index contributed by atoms with van der Waals surface area (Å²) in [4.78, 5) is 13.1. The average molecular weight is 385 g/mol. The quantitative estimate of drug-likeness (QED) is 0.587. The van der Waals surface area contributed by atoms with Crippen LogP contribution in [0.3, 0.4) is 0 Å². The number of aromatic nitrogens is 4. The van der Waals surface area contributed by atoms with E-state index in [4.69, 9.17) is 4.74 Å². The number of ether oxygens (including phenoxy) is 1. The topological polar surface area (TPSA) is 126 Å². The number of anilines is 1. The van der Waals surface area contributed by atoms with Crippen molar-refractivity contribution in [2.45, 2.75) is 49.8 Å². The molecule has 4 unspecified atom stereocenters. The largest absolute Gasteiger partial charge is 0.394 e. The lowest BCUT2D eigenvalue weighted by molar-refractivity contribution is -0.0511. The first-order valence-corrected chi connectivity index (χ1v) is 9.60. The standard InChI is InChI=1S/C19H23N5O4/c25-7-13-15(26)16(27)19(28-13)24-9-22-14-17(20-8-21-18(14)24)23-12-6-5-11(12)10-3-1-2-4-10/h1,3-4,8-9,11-13,15-16,19,25-27H,2,5-7H2,(H,20,21,23)/t11?,12?,13-,15?,16?,19-/m1/s1. The normalized spacial score (nSPS) is 34.6. The minimum atomic E-state index is -1.18. The molecule has 148 valence electrons. The second-order valence-electron chi connectivity index (χ2n) is 7.55. The molecule has 3 heterocycles. The summed E-state index contributed by atoms with van der Waals surface area (Å²) in [5.74, 6) is 1.12. The Kier molecular flexibility index (Phi) is 4.39. The van der Waals surface area contributed by atoms with Gasteiger partial charge in [-0.3, -0.25) is 4.57 Å². The summed E-state index contributed by atoms with van der Waals surface area (Å²) >= 11 is 0. The highest BCUT2D eigenvalue weighted by Crippen LogP contribution is 2.39. The number of nitrogens with one attached hydrogen (secondary N) is 1. The number of aliphatic hydroxyl groups excluding tert-OH is 3. The van der Waals surface area contributed by atoms with Gasteiger partial charge in [0.05, 0.1) is 12.9 Å². The average Bonchev–Trinajstić information content (AvgIpc) is 3.40. The molecule has 5 rings (SSSR count). The van der Waals surface area contributed by atoms with E-state index in [-0.39, 0.29) is 6.61 Å². The Morgan fingerprint density at radius 3 is 2.75 bits per heavy atom. The maximum Gasteiger partial charge on any atom is 0.167 e. The minimum Gasteiger partial charge on any atom is -0.394 e. The number of hydrogen-bond acceptors (Lipinski definition) is 8. The third-order valence-corrected chi connectivity index (χ3v) is 5.97. The molecule has 4 N–H and O–H groups in total. The van der Waals surface area contributed by atoms with Crippen LogP contribution in [0.5, 0.6) is 0 Å². The monoisotopic (exact) mass is 385 g/mol. The highest BCUT2D eigenvalue weighted by Gasteiger charge is 2.44. The van der Waals surface area contributed by atoms with Crippen molar-refractivity contribution in [3.63, 3.8) is 0 Å². The number of hydrogen-bond donors (Lipinski definition) is 4. The Bertz CT molecular complexity index is 942. The highest BCUT2D eigenvalue weighted by atomic mass is 16.6. The fraction of sp³-hybridized carbons (Fsp3) is 0.526. The van der Waals surface area contributed by atoms with Crippen molar-refractivity contribution < 1.29 is 20.1 Å². The SMILES string of the molecule is OC[C@H]1O[C@@H](n2cnc3c(NC4CCC4C4=CCC=C4)ncnc32)C(O)C1O. The van der Waals surface area contributed by atoms with E-state index in [2.05, 4.69) is 38.5 Å². The molecule has 2 fully saturated rings. The molecule has 1 saturated carbocycles. The number of aliphatic hydroxyl groups is 3. The van der Waals surface area contributed by atoms with Crippen molar-refractivity contribution in [2.24, 2.45) is 5.92 Å². The van der Waals surface area contributed by atoms with E-state index in [1.807, 2.05) is 0 Å². The summed E-state index contributed by atoms with van der Waals surface area (Å²) in [6.45, 7) is -0.378. The van der Waals surface area contributed by atoms with Crippen molar-refractivity contribution in [3.8, 4) is 0 Å². The number of nitrogens with zero attached hydrogens (tertiary/aromatic N) is 4. The van der Waals surface area contributed by atoms with Gasteiger partial charge in [0, 0.05) is 12.0 Å². The molecule has 9 heteroatoms.